The maximum atomic E-state index is 12.5. The highest BCUT2D eigenvalue weighted by Gasteiger charge is 2.22. The summed E-state index contributed by atoms with van der Waals surface area (Å²) in [5, 5.41) is 0.400. The number of amides is 1. The van der Waals surface area contributed by atoms with Gasteiger partial charge in [0.25, 0.3) is 5.56 Å². The van der Waals surface area contributed by atoms with Crippen LogP contribution < -0.4 is 11.2 Å². The zero-order valence-corrected chi connectivity index (χ0v) is 13.7. The standard InChI is InChI=1S/C17H21N3O4/c1-2-19(9-12-7-8-24-11-12)15(21)10-20-16(22)13-5-3-4-6-14(13)18-17(20)23/h3-6,12H,2,7-11H2,1H3,(H,18,23). The summed E-state index contributed by atoms with van der Waals surface area (Å²) >= 11 is 0. The Kier molecular flexibility index (Phi) is 4.80. The van der Waals surface area contributed by atoms with Gasteiger partial charge in [-0.05, 0) is 25.5 Å². The van der Waals surface area contributed by atoms with Crippen molar-refractivity contribution in [3.8, 4) is 0 Å². The van der Waals surface area contributed by atoms with E-state index in [1.807, 2.05) is 6.92 Å². The molecule has 7 heteroatoms. The molecule has 1 N–H and O–H groups in total. The Bertz CT molecular complexity index is 849. The van der Waals surface area contributed by atoms with Gasteiger partial charge < -0.3 is 14.6 Å². The fourth-order valence-corrected chi connectivity index (χ4v) is 3.02. The number of aromatic nitrogens is 2. The van der Waals surface area contributed by atoms with Gasteiger partial charge in [0, 0.05) is 25.6 Å². The fourth-order valence-electron chi connectivity index (χ4n) is 3.02. The van der Waals surface area contributed by atoms with Crippen LogP contribution in [-0.4, -0.2) is 46.7 Å². The van der Waals surface area contributed by atoms with Crippen LogP contribution in [0.25, 0.3) is 10.9 Å². The summed E-state index contributed by atoms with van der Waals surface area (Å²) in [5.41, 5.74) is -0.526. The van der Waals surface area contributed by atoms with Crippen molar-refractivity contribution in [1.82, 2.24) is 14.5 Å². The van der Waals surface area contributed by atoms with Crippen LogP contribution in [0.3, 0.4) is 0 Å². The van der Waals surface area contributed by atoms with E-state index in [1.165, 1.54) is 0 Å². The molecule has 1 amide bonds. The Morgan fingerprint density at radius 3 is 2.88 bits per heavy atom. The highest BCUT2D eigenvalue weighted by atomic mass is 16.5. The minimum atomic E-state index is -0.563. The highest BCUT2D eigenvalue weighted by Crippen LogP contribution is 2.14. The lowest BCUT2D eigenvalue weighted by Crippen LogP contribution is -2.43. The molecule has 3 rings (SSSR count). The summed E-state index contributed by atoms with van der Waals surface area (Å²) in [5.74, 6) is 0.0905. The van der Waals surface area contributed by atoms with E-state index in [4.69, 9.17) is 4.74 Å². The van der Waals surface area contributed by atoms with Crippen molar-refractivity contribution in [1.29, 1.82) is 0 Å². The number of carbonyl (C=O) groups excluding carboxylic acids is 1. The van der Waals surface area contributed by atoms with Crippen molar-refractivity contribution < 1.29 is 9.53 Å². The molecule has 1 aromatic heterocycles. The third kappa shape index (κ3) is 3.26. The molecule has 1 saturated heterocycles. The Hall–Kier alpha value is -2.41. The second-order valence-corrected chi connectivity index (χ2v) is 6.03. The topological polar surface area (TPSA) is 84.4 Å². The lowest BCUT2D eigenvalue weighted by molar-refractivity contribution is -0.132. The van der Waals surface area contributed by atoms with Gasteiger partial charge in [-0.1, -0.05) is 12.1 Å². The Morgan fingerprint density at radius 1 is 1.38 bits per heavy atom. The number of aromatic amines is 1. The first-order valence-corrected chi connectivity index (χ1v) is 8.17. The summed E-state index contributed by atoms with van der Waals surface area (Å²) < 4.78 is 6.31. The van der Waals surface area contributed by atoms with Crippen molar-refractivity contribution in [2.75, 3.05) is 26.3 Å². The summed E-state index contributed by atoms with van der Waals surface area (Å²) in [6, 6.07) is 6.78. The molecule has 1 aliphatic heterocycles. The first kappa shape index (κ1) is 16.4. The summed E-state index contributed by atoms with van der Waals surface area (Å²) in [7, 11) is 0. The van der Waals surface area contributed by atoms with Gasteiger partial charge in [-0.15, -0.1) is 0 Å². The molecule has 0 aliphatic carbocycles. The molecule has 1 aromatic carbocycles. The maximum Gasteiger partial charge on any atom is 0.329 e. The smallest absolute Gasteiger partial charge is 0.329 e. The molecule has 7 nitrogen and oxygen atoms in total. The molecule has 0 saturated carbocycles. The normalized spacial score (nSPS) is 17.3. The van der Waals surface area contributed by atoms with Crippen LogP contribution in [0, 0.1) is 5.92 Å². The van der Waals surface area contributed by atoms with E-state index < -0.39 is 11.2 Å². The van der Waals surface area contributed by atoms with Crippen molar-refractivity contribution in [3.05, 3.63) is 45.1 Å². The monoisotopic (exact) mass is 331 g/mol. The zero-order valence-electron chi connectivity index (χ0n) is 13.7. The number of ether oxygens (including phenoxy) is 1. The molecule has 128 valence electrons. The molecule has 24 heavy (non-hydrogen) atoms. The predicted octanol–water partition coefficient (Wildman–Crippen LogP) is 0.575. The van der Waals surface area contributed by atoms with Crippen LogP contribution in [0.4, 0.5) is 0 Å². The first-order chi connectivity index (χ1) is 11.6. The van der Waals surface area contributed by atoms with Gasteiger partial charge in [0.05, 0.1) is 17.5 Å². The van der Waals surface area contributed by atoms with Crippen LogP contribution in [0.15, 0.2) is 33.9 Å². The average molecular weight is 331 g/mol. The summed E-state index contributed by atoms with van der Waals surface area (Å²) in [6.45, 7) is 4.15. The van der Waals surface area contributed by atoms with Crippen LogP contribution in [0.2, 0.25) is 0 Å². The largest absolute Gasteiger partial charge is 0.381 e. The first-order valence-electron chi connectivity index (χ1n) is 8.17. The molecule has 2 heterocycles. The Morgan fingerprint density at radius 2 is 2.17 bits per heavy atom. The summed E-state index contributed by atoms with van der Waals surface area (Å²) in [6.07, 6.45) is 0.931. The fraction of sp³-hybridized carbons (Fsp3) is 0.471. The molecule has 1 atom stereocenters. The quantitative estimate of drug-likeness (QED) is 0.868. The van der Waals surface area contributed by atoms with Gasteiger partial charge in [-0.2, -0.15) is 0 Å². The number of H-pyrrole nitrogens is 1. The Labute approximate surface area is 138 Å². The second-order valence-electron chi connectivity index (χ2n) is 6.03. The van der Waals surface area contributed by atoms with Gasteiger partial charge in [-0.3, -0.25) is 14.2 Å². The average Bonchev–Trinajstić information content (AvgIpc) is 3.09. The SMILES string of the molecule is CCN(CC1CCOC1)C(=O)Cn1c(=O)[nH]c2ccccc2c1=O. The molecule has 0 radical (unpaired) electrons. The highest BCUT2D eigenvalue weighted by molar-refractivity contribution is 5.78. The van der Waals surface area contributed by atoms with E-state index >= 15 is 0 Å². The number of para-hydroxylation sites is 1. The van der Waals surface area contributed by atoms with Crippen LogP contribution in [0.1, 0.15) is 13.3 Å². The maximum absolute atomic E-state index is 12.5. The van der Waals surface area contributed by atoms with E-state index in [0.29, 0.717) is 36.5 Å². The molecule has 0 spiro atoms. The molecule has 1 aliphatic rings. The lowest BCUT2D eigenvalue weighted by atomic mass is 10.1. The van der Waals surface area contributed by atoms with Crippen molar-refractivity contribution >= 4 is 16.8 Å². The summed E-state index contributed by atoms with van der Waals surface area (Å²) in [4.78, 5) is 41.5. The number of benzene rings is 1. The number of nitrogens with one attached hydrogen (secondary N) is 1. The number of rotatable bonds is 5. The second kappa shape index (κ2) is 7.00. The minimum absolute atomic E-state index is 0.229. The van der Waals surface area contributed by atoms with E-state index in [9.17, 15) is 14.4 Å². The number of hydrogen-bond acceptors (Lipinski definition) is 4. The van der Waals surface area contributed by atoms with E-state index in [-0.39, 0.29) is 12.5 Å². The van der Waals surface area contributed by atoms with Gasteiger partial charge >= 0.3 is 5.69 Å². The molecule has 0 bridgehead atoms. The predicted molar refractivity (Wildman–Crippen MR) is 90.0 cm³/mol. The van der Waals surface area contributed by atoms with Crippen LogP contribution in [0.5, 0.6) is 0 Å². The van der Waals surface area contributed by atoms with Crippen molar-refractivity contribution in [2.45, 2.75) is 19.9 Å². The third-order valence-corrected chi connectivity index (χ3v) is 4.42. The van der Waals surface area contributed by atoms with E-state index in [0.717, 1.165) is 17.6 Å². The molecule has 2 aromatic rings. The van der Waals surface area contributed by atoms with Gasteiger partial charge in [0.1, 0.15) is 6.54 Å². The van der Waals surface area contributed by atoms with Gasteiger partial charge in [-0.25, -0.2) is 4.79 Å². The molecule has 1 unspecified atom stereocenters. The lowest BCUT2D eigenvalue weighted by Gasteiger charge is -2.24. The number of hydrogen-bond donors (Lipinski definition) is 1. The van der Waals surface area contributed by atoms with Crippen molar-refractivity contribution in [2.24, 2.45) is 5.92 Å². The number of fused-ring (bicyclic) bond motifs is 1. The number of carbonyl (C=O) groups is 1. The van der Waals surface area contributed by atoms with Crippen molar-refractivity contribution in [3.63, 3.8) is 0 Å². The van der Waals surface area contributed by atoms with Gasteiger partial charge in [0.15, 0.2) is 0 Å². The van der Waals surface area contributed by atoms with E-state index in [2.05, 4.69) is 4.98 Å². The molecular weight excluding hydrogens is 310 g/mol. The van der Waals surface area contributed by atoms with E-state index in [1.54, 1.807) is 29.2 Å². The minimum Gasteiger partial charge on any atom is -0.381 e. The van der Waals surface area contributed by atoms with Crippen LogP contribution >= 0.6 is 0 Å². The molecule has 1 fully saturated rings. The molecular formula is C17H21N3O4. The Balaban J connectivity index is 1.84. The van der Waals surface area contributed by atoms with Gasteiger partial charge in [0.2, 0.25) is 5.91 Å². The zero-order chi connectivity index (χ0) is 17.1. The number of likely N-dealkylation sites (N-methyl/N-ethyl adjacent to an activating group) is 1. The number of nitrogens with zero attached hydrogens (tertiary/aromatic N) is 2. The van der Waals surface area contributed by atoms with Crippen LogP contribution in [-0.2, 0) is 16.1 Å². The third-order valence-electron chi connectivity index (χ3n) is 4.42.